The summed E-state index contributed by atoms with van der Waals surface area (Å²) in [6, 6.07) is 10.5. The molecule has 23 heavy (non-hydrogen) atoms. The second-order valence-corrected chi connectivity index (χ2v) is 5.48. The number of para-hydroxylation sites is 1. The molecule has 0 saturated heterocycles. The van der Waals surface area contributed by atoms with Crippen LogP contribution < -0.4 is 0 Å². The van der Waals surface area contributed by atoms with E-state index >= 15 is 0 Å². The van der Waals surface area contributed by atoms with E-state index in [0.717, 1.165) is 0 Å². The van der Waals surface area contributed by atoms with Crippen molar-refractivity contribution in [2.45, 2.75) is 0 Å². The van der Waals surface area contributed by atoms with Crippen LogP contribution in [0.1, 0.15) is 0 Å². The quantitative estimate of drug-likeness (QED) is 0.534. The molecule has 6 nitrogen and oxygen atoms in total. The molecule has 0 radical (unpaired) electrons. The third kappa shape index (κ3) is 2.86. The van der Waals surface area contributed by atoms with Crippen LogP contribution in [0.25, 0.3) is 22.6 Å². The van der Waals surface area contributed by atoms with Gasteiger partial charge in [0.15, 0.2) is 5.76 Å². The third-order valence-corrected chi connectivity index (χ3v) is 3.69. The number of rotatable bonds is 3. The number of hydrogen-bond acceptors (Lipinski definition) is 5. The lowest BCUT2D eigenvalue weighted by Crippen LogP contribution is -1.90. The van der Waals surface area contributed by atoms with E-state index in [0.29, 0.717) is 5.02 Å². The van der Waals surface area contributed by atoms with E-state index in [2.05, 4.69) is 5.16 Å². The second kappa shape index (κ2) is 5.91. The fourth-order valence-corrected chi connectivity index (χ4v) is 2.62. The highest BCUT2D eigenvalue weighted by molar-refractivity contribution is 6.36. The third-order valence-electron chi connectivity index (χ3n) is 3.18. The number of hydrogen-bond donors (Lipinski definition) is 1. The van der Waals surface area contributed by atoms with Gasteiger partial charge in [0.25, 0.3) is 5.69 Å². The van der Waals surface area contributed by atoms with Crippen molar-refractivity contribution in [1.82, 2.24) is 5.16 Å². The minimum atomic E-state index is -0.509. The van der Waals surface area contributed by atoms with Crippen LogP contribution in [-0.2, 0) is 0 Å². The topological polar surface area (TPSA) is 89.4 Å². The van der Waals surface area contributed by atoms with Crippen molar-refractivity contribution in [2.24, 2.45) is 0 Å². The minimum absolute atomic E-state index is 0.0720. The molecule has 0 bridgehead atoms. The van der Waals surface area contributed by atoms with Crippen LogP contribution >= 0.6 is 23.2 Å². The number of phenols is 1. The molecular formula is C15H8Cl2N2O4. The first-order chi connectivity index (χ1) is 11.0. The van der Waals surface area contributed by atoms with E-state index in [1.807, 2.05) is 0 Å². The minimum Gasteiger partial charge on any atom is -0.506 e. The van der Waals surface area contributed by atoms with Crippen molar-refractivity contribution < 1.29 is 14.6 Å². The average Bonchev–Trinajstić information content (AvgIpc) is 3.00. The lowest BCUT2D eigenvalue weighted by atomic mass is 10.1. The van der Waals surface area contributed by atoms with Crippen LogP contribution in [-0.4, -0.2) is 15.2 Å². The van der Waals surface area contributed by atoms with Crippen molar-refractivity contribution in [1.29, 1.82) is 0 Å². The van der Waals surface area contributed by atoms with Gasteiger partial charge in [-0.2, -0.15) is 0 Å². The zero-order valence-electron chi connectivity index (χ0n) is 11.4. The Labute approximate surface area is 140 Å². The number of nitrogens with zero attached hydrogens (tertiary/aromatic N) is 2. The molecule has 1 aromatic heterocycles. The van der Waals surface area contributed by atoms with Gasteiger partial charge >= 0.3 is 0 Å². The number of phenolic OH excluding ortho intramolecular Hbond substituents is 1. The molecule has 0 aliphatic carbocycles. The van der Waals surface area contributed by atoms with Gasteiger partial charge in [0.05, 0.1) is 15.5 Å². The monoisotopic (exact) mass is 350 g/mol. The second-order valence-electron chi connectivity index (χ2n) is 4.63. The first kappa shape index (κ1) is 15.3. The maximum Gasteiger partial charge on any atom is 0.280 e. The van der Waals surface area contributed by atoms with Crippen LogP contribution in [0.2, 0.25) is 10.0 Å². The van der Waals surface area contributed by atoms with Crippen LogP contribution in [0.3, 0.4) is 0 Å². The molecule has 116 valence electrons. The SMILES string of the molecule is O=[N+]([O-])c1ccccc1-c1cc(-c2cc(Cl)cc(Cl)c2O)no1. The predicted molar refractivity (Wildman–Crippen MR) is 85.7 cm³/mol. The van der Waals surface area contributed by atoms with Crippen LogP contribution in [0.15, 0.2) is 47.0 Å². The molecule has 2 aromatic carbocycles. The number of aromatic nitrogens is 1. The first-order valence-corrected chi connectivity index (χ1v) is 7.12. The van der Waals surface area contributed by atoms with Gasteiger partial charge < -0.3 is 9.63 Å². The molecule has 0 spiro atoms. The van der Waals surface area contributed by atoms with Crippen molar-refractivity contribution >= 4 is 28.9 Å². The molecule has 0 fully saturated rings. The Balaban J connectivity index is 2.11. The van der Waals surface area contributed by atoms with Gasteiger partial charge in [-0.1, -0.05) is 40.5 Å². The van der Waals surface area contributed by atoms with Gasteiger partial charge in [-0.05, 0) is 18.2 Å². The summed E-state index contributed by atoms with van der Waals surface area (Å²) >= 11 is 11.8. The molecule has 0 aliphatic heterocycles. The predicted octanol–water partition coefficient (Wildman–Crippen LogP) is 4.93. The molecule has 1 N–H and O–H groups in total. The maximum atomic E-state index is 11.1. The molecule has 0 aliphatic rings. The van der Waals surface area contributed by atoms with Crippen molar-refractivity contribution in [3.05, 3.63) is 62.6 Å². The molecule has 0 saturated carbocycles. The van der Waals surface area contributed by atoms with Gasteiger partial charge in [-0.3, -0.25) is 10.1 Å². The highest BCUT2D eigenvalue weighted by Gasteiger charge is 2.20. The number of benzene rings is 2. The van der Waals surface area contributed by atoms with E-state index in [1.165, 1.54) is 24.3 Å². The Morgan fingerprint density at radius 1 is 1.13 bits per heavy atom. The lowest BCUT2D eigenvalue weighted by Gasteiger charge is -2.03. The van der Waals surface area contributed by atoms with Gasteiger partial charge in [-0.25, -0.2) is 0 Å². The molecule has 8 heteroatoms. The van der Waals surface area contributed by atoms with Gasteiger partial charge in [0.1, 0.15) is 11.4 Å². The van der Waals surface area contributed by atoms with Gasteiger partial charge in [0.2, 0.25) is 0 Å². The Morgan fingerprint density at radius 2 is 1.87 bits per heavy atom. The molecular weight excluding hydrogens is 343 g/mol. The van der Waals surface area contributed by atoms with Crippen molar-refractivity contribution in [3.63, 3.8) is 0 Å². The van der Waals surface area contributed by atoms with Crippen LogP contribution in [0.4, 0.5) is 5.69 Å². The molecule has 1 heterocycles. The Hall–Kier alpha value is -2.57. The van der Waals surface area contributed by atoms with Crippen LogP contribution in [0.5, 0.6) is 5.75 Å². The summed E-state index contributed by atoms with van der Waals surface area (Å²) in [5.74, 6) is 0.00118. The number of nitro benzene ring substituents is 1. The number of aromatic hydroxyl groups is 1. The standard InChI is InChI=1S/C15H8Cl2N2O4/c16-8-5-10(15(20)11(17)6-8)12-7-14(23-18-12)9-3-1-2-4-13(9)19(21)22/h1-7,20H. The summed E-state index contributed by atoms with van der Waals surface area (Å²) in [7, 11) is 0. The van der Waals surface area contributed by atoms with E-state index in [-0.39, 0.29) is 39.0 Å². The zero-order valence-corrected chi connectivity index (χ0v) is 12.9. The lowest BCUT2D eigenvalue weighted by molar-refractivity contribution is -0.384. The molecule has 3 rings (SSSR count). The maximum absolute atomic E-state index is 11.1. The van der Waals surface area contributed by atoms with E-state index in [4.69, 9.17) is 27.7 Å². The van der Waals surface area contributed by atoms with E-state index in [9.17, 15) is 15.2 Å². The molecule has 0 atom stereocenters. The zero-order chi connectivity index (χ0) is 16.6. The molecule has 0 amide bonds. The Morgan fingerprint density at radius 3 is 2.61 bits per heavy atom. The van der Waals surface area contributed by atoms with Gasteiger partial charge in [-0.15, -0.1) is 0 Å². The van der Waals surface area contributed by atoms with Crippen LogP contribution in [0, 0.1) is 10.1 Å². The Bertz CT molecular complexity index is 908. The summed E-state index contributed by atoms with van der Waals surface area (Å²) in [5.41, 5.74) is 0.712. The fraction of sp³-hybridized carbons (Fsp3) is 0. The number of halogens is 2. The van der Waals surface area contributed by atoms with Crippen molar-refractivity contribution in [2.75, 3.05) is 0 Å². The van der Waals surface area contributed by atoms with E-state index in [1.54, 1.807) is 18.2 Å². The van der Waals surface area contributed by atoms with E-state index < -0.39 is 4.92 Å². The highest BCUT2D eigenvalue weighted by Crippen LogP contribution is 2.39. The summed E-state index contributed by atoms with van der Waals surface area (Å²) in [6.07, 6.45) is 0. The summed E-state index contributed by atoms with van der Waals surface area (Å²) < 4.78 is 5.18. The average molecular weight is 351 g/mol. The highest BCUT2D eigenvalue weighted by atomic mass is 35.5. The van der Waals surface area contributed by atoms with Gasteiger partial charge in [0, 0.05) is 22.7 Å². The first-order valence-electron chi connectivity index (χ1n) is 6.36. The normalized spacial score (nSPS) is 10.7. The molecule has 3 aromatic rings. The smallest absolute Gasteiger partial charge is 0.280 e. The fourth-order valence-electron chi connectivity index (χ4n) is 2.13. The largest absolute Gasteiger partial charge is 0.506 e. The molecule has 0 unspecified atom stereocenters. The summed E-state index contributed by atoms with van der Waals surface area (Å²) in [4.78, 5) is 10.6. The van der Waals surface area contributed by atoms with Crippen molar-refractivity contribution in [3.8, 4) is 28.3 Å². The summed E-state index contributed by atoms with van der Waals surface area (Å²) in [5, 5.41) is 25.3. The number of nitro groups is 1. The Kier molecular flexibility index (Phi) is 3.94. The summed E-state index contributed by atoms with van der Waals surface area (Å²) in [6.45, 7) is 0.